The van der Waals surface area contributed by atoms with Gasteiger partial charge in [-0.15, -0.1) is 0 Å². The van der Waals surface area contributed by atoms with Crippen LogP contribution in [0.4, 0.5) is 5.69 Å². The molecule has 2 heterocycles. The third kappa shape index (κ3) is 3.18. The number of carbonyl (C=O) groups excluding carboxylic acids is 2. The van der Waals surface area contributed by atoms with Crippen molar-refractivity contribution in [1.82, 2.24) is 4.90 Å². The zero-order valence-corrected chi connectivity index (χ0v) is 14.4. The molecule has 0 spiro atoms. The van der Waals surface area contributed by atoms with Crippen molar-refractivity contribution in [2.45, 2.75) is 27.2 Å². The molecule has 1 atom stereocenters. The molecule has 0 aromatic heterocycles. The summed E-state index contributed by atoms with van der Waals surface area (Å²) < 4.78 is 10.7. The van der Waals surface area contributed by atoms with E-state index in [1.165, 1.54) is 0 Å². The van der Waals surface area contributed by atoms with Crippen molar-refractivity contribution in [3.8, 4) is 11.5 Å². The maximum absolute atomic E-state index is 12.7. The standard InChI is InChI=1S/C18H24N2O4/c1-4-19(9-12(2)3)18(22)13-7-17(21)20(10-13)14-5-6-15-16(8-14)24-11-23-15/h5-6,8,12-13H,4,7,9-11H2,1-3H3. The molecule has 1 fully saturated rings. The molecule has 1 aromatic rings. The Hall–Kier alpha value is -2.24. The molecule has 6 heteroatoms. The van der Waals surface area contributed by atoms with E-state index in [4.69, 9.17) is 9.47 Å². The quantitative estimate of drug-likeness (QED) is 0.830. The fourth-order valence-electron chi connectivity index (χ4n) is 3.25. The van der Waals surface area contributed by atoms with Crippen molar-refractivity contribution in [2.24, 2.45) is 11.8 Å². The lowest BCUT2D eigenvalue weighted by Crippen LogP contribution is -2.39. The first kappa shape index (κ1) is 16.6. The Morgan fingerprint density at radius 3 is 2.79 bits per heavy atom. The summed E-state index contributed by atoms with van der Waals surface area (Å²) in [7, 11) is 0. The number of fused-ring (bicyclic) bond motifs is 1. The second-order valence-electron chi connectivity index (χ2n) is 6.71. The first-order valence-corrected chi connectivity index (χ1v) is 8.48. The predicted molar refractivity (Wildman–Crippen MR) is 90.1 cm³/mol. The Morgan fingerprint density at radius 1 is 1.33 bits per heavy atom. The number of amides is 2. The van der Waals surface area contributed by atoms with Gasteiger partial charge >= 0.3 is 0 Å². The van der Waals surface area contributed by atoms with E-state index in [-0.39, 0.29) is 30.9 Å². The summed E-state index contributed by atoms with van der Waals surface area (Å²) in [5.41, 5.74) is 0.756. The third-order valence-electron chi connectivity index (χ3n) is 4.42. The number of benzene rings is 1. The molecule has 1 aromatic carbocycles. The number of hydrogen-bond donors (Lipinski definition) is 0. The van der Waals surface area contributed by atoms with Crippen LogP contribution in [0.2, 0.25) is 0 Å². The maximum Gasteiger partial charge on any atom is 0.231 e. The molecule has 0 aliphatic carbocycles. The summed E-state index contributed by atoms with van der Waals surface area (Å²) in [6.07, 6.45) is 0.266. The Bertz CT molecular complexity index is 644. The molecule has 2 amide bonds. The average molecular weight is 332 g/mol. The minimum Gasteiger partial charge on any atom is -0.454 e. The molecule has 0 radical (unpaired) electrons. The van der Waals surface area contributed by atoms with Gasteiger partial charge in [0, 0.05) is 37.8 Å². The summed E-state index contributed by atoms with van der Waals surface area (Å²) >= 11 is 0. The zero-order chi connectivity index (χ0) is 17.3. The van der Waals surface area contributed by atoms with E-state index in [1.807, 2.05) is 17.9 Å². The molecule has 24 heavy (non-hydrogen) atoms. The van der Waals surface area contributed by atoms with Gasteiger partial charge in [0.1, 0.15) is 0 Å². The minimum atomic E-state index is -0.276. The highest BCUT2D eigenvalue weighted by atomic mass is 16.7. The molecule has 130 valence electrons. The number of carbonyl (C=O) groups is 2. The van der Waals surface area contributed by atoms with Gasteiger partial charge in [-0.1, -0.05) is 13.8 Å². The van der Waals surface area contributed by atoms with Gasteiger partial charge in [0.15, 0.2) is 11.5 Å². The topological polar surface area (TPSA) is 59.1 Å². The Kier molecular flexibility index (Phi) is 4.64. The second-order valence-corrected chi connectivity index (χ2v) is 6.71. The van der Waals surface area contributed by atoms with E-state index in [9.17, 15) is 9.59 Å². The van der Waals surface area contributed by atoms with Crippen molar-refractivity contribution >= 4 is 17.5 Å². The summed E-state index contributed by atoms with van der Waals surface area (Å²) in [6, 6.07) is 5.44. The van der Waals surface area contributed by atoms with Crippen LogP contribution in [0, 0.1) is 11.8 Å². The highest BCUT2D eigenvalue weighted by Crippen LogP contribution is 2.37. The van der Waals surface area contributed by atoms with Gasteiger partial charge < -0.3 is 19.3 Å². The molecule has 0 N–H and O–H groups in total. The van der Waals surface area contributed by atoms with E-state index in [2.05, 4.69) is 13.8 Å². The van der Waals surface area contributed by atoms with Gasteiger partial charge in [0.25, 0.3) is 0 Å². The fraction of sp³-hybridized carbons (Fsp3) is 0.556. The van der Waals surface area contributed by atoms with Crippen LogP contribution in [0.25, 0.3) is 0 Å². The van der Waals surface area contributed by atoms with Crippen LogP contribution in [-0.2, 0) is 9.59 Å². The third-order valence-corrected chi connectivity index (χ3v) is 4.42. The van der Waals surface area contributed by atoms with Crippen LogP contribution in [0.5, 0.6) is 11.5 Å². The summed E-state index contributed by atoms with van der Waals surface area (Å²) in [6.45, 7) is 8.19. The Balaban J connectivity index is 1.72. The van der Waals surface area contributed by atoms with Gasteiger partial charge in [-0.2, -0.15) is 0 Å². The van der Waals surface area contributed by atoms with Gasteiger partial charge in [-0.25, -0.2) is 0 Å². The van der Waals surface area contributed by atoms with Crippen molar-refractivity contribution in [3.63, 3.8) is 0 Å². The average Bonchev–Trinajstić information content (AvgIpc) is 3.17. The summed E-state index contributed by atoms with van der Waals surface area (Å²) in [4.78, 5) is 28.7. The van der Waals surface area contributed by atoms with E-state index in [0.717, 1.165) is 12.2 Å². The zero-order valence-electron chi connectivity index (χ0n) is 14.4. The lowest BCUT2D eigenvalue weighted by atomic mass is 10.1. The molecule has 0 saturated carbocycles. The predicted octanol–water partition coefficient (Wildman–Crippen LogP) is 2.27. The number of anilines is 1. The number of hydrogen-bond acceptors (Lipinski definition) is 4. The second kappa shape index (κ2) is 6.71. The fourth-order valence-corrected chi connectivity index (χ4v) is 3.25. The van der Waals surface area contributed by atoms with Gasteiger partial charge in [0.05, 0.1) is 5.92 Å². The SMILES string of the molecule is CCN(CC(C)C)C(=O)C1CC(=O)N(c2ccc3c(c2)OCO3)C1. The lowest BCUT2D eigenvalue weighted by Gasteiger charge is -2.26. The lowest BCUT2D eigenvalue weighted by molar-refractivity contribution is -0.136. The van der Waals surface area contributed by atoms with Crippen LogP contribution in [0.3, 0.4) is 0 Å². The number of ether oxygens (including phenoxy) is 2. The highest BCUT2D eigenvalue weighted by molar-refractivity contribution is 6.00. The van der Waals surface area contributed by atoms with Crippen molar-refractivity contribution in [1.29, 1.82) is 0 Å². The molecular weight excluding hydrogens is 308 g/mol. The monoisotopic (exact) mass is 332 g/mol. The van der Waals surface area contributed by atoms with Gasteiger partial charge in [-0.3, -0.25) is 9.59 Å². The van der Waals surface area contributed by atoms with Crippen LogP contribution in [-0.4, -0.2) is 43.1 Å². The van der Waals surface area contributed by atoms with Gasteiger partial charge in [0.2, 0.25) is 18.6 Å². The van der Waals surface area contributed by atoms with Crippen molar-refractivity contribution in [2.75, 3.05) is 31.3 Å². The van der Waals surface area contributed by atoms with Crippen molar-refractivity contribution < 1.29 is 19.1 Å². The minimum absolute atomic E-state index is 0.0205. The number of rotatable bonds is 5. The molecule has 2 aliphatic heterocycles. The summed E-state index contributed by atoms with van der Waals surface area (Å²) in [5.74, 6) is 1.52. The number of nitrogens with zero attached hydrogens (tertiary/aromatic N) is 2. The van der Waals surface area contributed by atoms with E-state index < -0.39 is 0 Å². The molecule has 2 aliphatic rings. The maximum atomic E-state index is 12.7. The highest BCUT2D eigenvalue weighted by Gasteiger charge is 2.37. The van der Waals surface area contributed by atoms with Crippen molar-refractivity contribution in [3.05, 3.63) is 18.2 Å². The normalized spacial score (nSPS) is 19.2. The van der Waals surface area contributed by atoms with E-state index >= 15 is 0 Å². The van der Waals surface area contributed by atoms with E-state index in [1.54, 1.807) is 17.0 Å². The van der Waals surface area contributed by atoms with Crippen LogP contribution in [0.1, 0.15) is 27.2 Å². The largest absolute Gasteiger partial charge is 0.454 e. The molecule has 3 rings (SSSR count). The van der Waals surface area contributed by atoms with Crippen LogP contribution >= 0.6 is 0 Å². The molecule has 1 unspecified atom stereocenters. The smallest absolute Gasteiger partial charge is 0.231 e. The van der Waals surface area contributed by atoms with Gasteiger partial charge in [-0.05, 0) is 25.0 Å². The summed E-state index contributed by atoms with van der Waals surface area (Å²) in [5, 5.41) is 0. The molecule has 6 nitrogen and oxygen atoms in total. The molecule has 1 saturated heterocycles. The molecule has 0 bridgehead atoms. The van der Waals surface area contributed by atoms with E-state index in [0.29, 0.717) is 30.5 Å². The Morgan fingerprint density at radius 2 is 2.08 bits per heavy atom. The van der Waals surface area contributed by atoms with Crippen LogP contribution in [0.15, 0.2) is 18.2 Å². The van der Waals surface area contributed by atoms with Crippen LogP contribution < -0.4 is 14.4 Å². The first-order valence-electron chi connectivity index (χ1n) is 8.48. The molecular formula is C18H24N2O4. The first-order chi connectivity index (χ1) is 11.5. The Labute approximate surface area is 142 Å².